The van der Waals surface area contributed by atoms with Crippen molar-refractivity contribution in [2.45, 2.75) is 13.0 Å². The summed E-state index contributed by atoms with van der Waals surface area (Å²) in [4.78, 5) is 0. The molecule has 5 nitrogen and oxygen atoms in total. The Morgan fingerprint density at radius 2 is 1.95 bits per heavy atom. The monoisotopic (exact) mass is 265 g/mol. The average Bonchev–Trinajstić information content (AvgIpc) is 2.92. The van der Waals surface area contributed by atoms with Crippen LogP contribution in [0.15, 0.2) is 12.1 Å². The minimum absolute atomic E-state index is 0.499. The Kier molecular flexibility index (Phi) is 3.75. The molecule has 2 aliphatic rings. The number of hydrogen-bond acceptors (Lipinski definition) is 5. The first kappa shape index (κ1) is 12.6. The van der Waals surface area contributed by atoms with Gasteiger partial charge in [0.25, 0.3) is 0 Å². The first-order valence-electron chi connectivity index (χ1n) is 6.66. The Balaban J connectivity index is 1.60. The fraction of sp³-hybridized carbons (Fsp3) is 0.571. The predicted molar refractivity (Wildman–Crippen MR) is 70.4 cm³/mol. The highest BCUT2D eigenvalue weighted by Crippen LogP contribution is 2.34. The standard InChI is InChI=1S/C14H19NO4/c15-12-6-14-13(18-3-4-19-14)5-11(12)9-17-8-10-1-2-16-7-10/h5-6,10H,1-4,7-9,15H2. The number of benzene rings is 1. The van der Waals surface area contributed by atoms with Crippen LogP contribution in [0.4, 0.5) is 5.69 Å². The van der Waals surface area contributed by atoms with E-state index in [-0.39, 0.29) is 0 Å². The molecule has 0 amide bonds. The van der Waals surface area contributed by atoms with Crippen LogP contribution in [0.3, 0.4) is 0 Å². The van der Waals surface area contributed by atoms with Crippen LogP contribution in [-0.2, 0) is 16.1 Å². The molecule has 1 saturated heterocycles. The summed E-state index contributed by atoms with van der Waals surface area (Å²) in [5, 5.41) is 0. The molecule has 104 valence electrons. The molecule has 0 aliphatic carbocycles. The normalized spacial score (nSPS) is 21.6. The molecule has 0 aromatic heterocycles. The van der Waals surface area contributed by atoms with E-state index in [2.05, 4.69) is 0 Å². The second-order valence-electron chi connectivity index (χ2n) is 4.94. The molecule has 1 fully saturated rings. The molecule has 0 spiro atoms. The largest absolute Gasteiger partial charge is 0.486 e. The van der Waals surface area contributed by atoms with Crippen LogP contribution in [0.2, 0.25) is 0 Å². The number of ether oxygens (including phenoxy) is 4. The predicted octanol–water partition coefficient (Wildman–Crippen LogP) is 1.59. The van der Waals surface area contributed by atoms with Gasteiger partial charge in [0.05, 0.1) is 19.8 Å². The summed E-state index contributed by atoms with van der Waals surface area (Å²) in [5.74, 6) is 1.98. The van der Waals surface area contributed by atoms with Crippen molar-refractivity contribution in [3.05, 3.63) is 17.7 Å². The van der Waals surface area contributed by atoms with Crippen molar-refractivity contribution in [2.75, 3.05) is 38.8 Å². The van der Waals surface area contributed by atoms with Gasteiger partial charge in [-0.3, -0.25) is 0 Å². The minimum atomic E-state index is 0.499. The Hall–Kier alpha value is -1.46. The Morgan fingerprint density at radius 1 is 1.16 bits per heavy atom. The third kappa shape index (κ3) is 2.93. The molecule has 0 saturated carbocycles. The molecule has 1 aromatic carbocycles. The zero-order chi connectivity index (χ0) is 13.1. The van der Waals surface area contributed by atoms with Gasteiger partial charge in [0, 0.05) is 29.8 Å². The molecular formula is C14H19NO4. The summed E-state index contributed by atoms with van der Waals surface area (Å²) >= 11 is 0. The fourth-order valence-electron chi connectivity index (χ4n) is 2.32. The van der Waals surface area contributed by atoms with Gasteiger partial charge < -0.3 is 24.7 Å². The maximum Gasteiger partial charge on any atom is 0.163 e. The zero-order valence-corrected chi connectivity index (χ0v) is 10.9. The first-order valence-corrected chi connectivity index (χ1v) is 6.66. The van der Waals surface area contributed by atoms with Gasteiger partial charge in [0.15, 0.2) is 11.5 Å². The maximum atomic E-state index is 6.00. The quantitative estimate of drug-likeness (QED) is 0.838. The lowest BCUT2D eigenvalue weighted by molar-refractivity contribution is 0.0791. The van der Waals surface area contributed by atoms with E-state index in [1.165, 1.54) is 0 Å². The maximum absolute atomic E-state index is 6.00. The average molecular weight is 265 g/mol. The van der Waals surface area contributed by atoms with Crippen molar-refractivity contribution < 1.29 is 18.9 Å². The van der Waals surface area contributed by atoms with E-state index in [4.69, 9.17) is 24.7 Å². The minimum Gasteiger partial charge on any atom is -0.486 e. The topological polar surface area (TPSA) is 62.9 Å². The molecule has 0 radical (unpaired) electrons. The number of hydrogen-bond donors (Lipinski definition) is 1. The molecule has 2 N–H and O–H groups in total. The number of anilines is 1. The lowest BCUT2D eigenvalue weighted by Gasteiger charge is -2.20. The molecule has 1 aromatic rings. The smallest absolute Gasteiger partial charge is 0.163 e. The van der Waals surface area contributed by atoms with Crippen molar-refractivity contribution in [3.8, 4) is 11.5 Å². The van der Waals surface area contributed by atoms with Crippen molar-refractivity contribution in [1.82, 2.24) is 0 Å². The number of fused-ring (bicyclic) bond motifs is 1. The van der Waals surface area contributed by atoms with E-state index in [0.29, 0.717) is 38.0 Å². The van der Waals surface area contributed by atoms with Crippen LogP contribution < -0.4 is 15.2 Å². The van der Waals surface area contributed by atoms with Crippen LogP contribution in [0.25, 0.3) is 0 Å². The summed E-state index contributed by atoms with van der Waals surface area (Å²) in [7, 11) is 0. The molecule has 0 bridgehead atoms. The second-order valence-corrected chi connectivity index (χ2v) is 4.94. The molecule has 2 aliphatic heterocycles. The first-order chi connectivity index (χ1) is 9.33. The highest BCUT2D eigenvalue weighted by Gasteiger charge is 2.17. The summed E-state index contributed by atoms with van der Waals surface area (Å²) in [6, 6.07) is 3.72. The second kappa shape index (κ2) is 5.67. The van der Waals surface area contributed by atoms with Gasteiger partial charge in [-0.1, -0.05) is 0 Å². The number of nitrogen functional groups attached to an aromatic ring is 1. The Morgan fingerprint density at radius 3 is 2.68 bits per heavy atom. The van der Waals surface area contributed by atoms with Crippen molar-refractivity contribution >= 4 is 5.69 Å². The van der Waals surface area contributed by atoms with E-state index >= 15 is 0 Å². The number of nitrogens with two attached hydrogens (primary N) is 1. The van der Waals surface area contributed by atoms with Crippen molar-refractivity contribution in [2.24, 2.45) is 5.92 Å². The van der Waals surface area contributed by atoms with Gasteiger partial charge in [0.1, 0.15) is 13.2 Å². The van der Waals surface area contributed by atoms with Crippen molar-refractivity contribution in [1.29, 1.82) is 0 Å². The third-order valence-corrected chi connectivity index (χ3v) is 3.44. The SMILES string of the molecule is Nc1cc2c(cc1COCC1CCOC1)OCCO2. The molecule has 2 heterocycles. The Bertz CT molecular complexity index is 443. The van der Waals surface area contributed by atoms with E-state index in [1.54, 1.807) is 0 Å². The van der Waals surface area contributed by atoms with E-state index in [9.17, 15) is 0 Å². The molecule has 1 unspecified atom stereocenters. The lowest BCUT2D eigenvalue weighted by Crippen LogP contribution is -2.16. The highest BCUT2D eigenvalue weighted by atomic mass is 16.6. The van der Waals surface area contributed by atoms with Crippen LogP contribution in [0.1, 0.15) is 12.0 Å². The van der Waals surface area contributed by atoms with Crippen LogP contribution >= 0.6 is 0 Å². The molecule has 19 heavy (non-hydrogen) atoms. The fourth-order valence-corrected chi connectivity index (χ4v) is 2.32. The van der Waals surface area contributed by atoms with Crippen LogP contribution in [0.5, 0.6) is 11.5 Å². The van der Waals surface area contributed by atoms with Gasteiger partial charge in [-0.25, -0.2) is 0 Å². The molecular weight excluding hydrogens is 246 g/mol. The van der Waals surface area contributed by atoms with Crippen LogP contribution in [0, 0.1) is 5.92 Å². The van der Waals surface area contributed by atoms with E-state index in [0.717, 1.165) is 36.7 Å². The van der Waals surface area contributed by atoms with Gasteiger partial charge in [0.2, 0.25) is 0 Å². The Labute approximate surface area is 112 Å². The zero-order valence-electron chi connectivity index (χ0n) is 10.9. The van der Waals surface area contributed by atoms with E-state index < -0.39 is 0 Å². The van der Waals surface area contributed by atoms with Gasteiger partial charge >= 0.3 is 0 Å². The van der Waals surface area contributed by atoms with Crippen molar-refractivity contribution in [3.63, 3.8) is 0 Å². The summed E-state index contributed by atoms with van der Waals surface area (Å²) < 4.78 is 22.1. The van der Waals surface area contributed by atoms with Crippen LogP contribution in [-0.4, -0.2) is 33.0 Å². The van der Waals surface area contributed by atoms with Gasteiger partial charge in [-0.05, 0) is 12.5 Å². The highest BCUT2D eigenvalue weighted by molar-refractivity contribution is 5.58. The summed E-state index contributed by atoms with van der Waals surface area (Å²) in [6.07, 6.45) is 1.08. The van der Waals surface area contributed by atoms with Gasteiger partial charge in [-0.2, -0.15) is 0 Å². The molecule has 1 atom stereocenters. The summed E-state index contributed by atoms with van der Waals surface area (Å²) in [6.45, 7) is 4.02. The molecule has 5 heteroatoms. The lowest BCUT2D eigenvalue weighted by atomic mass is 10.1. The third-order valence-electron chi connectivity index (χ3n) is 3.44. The van der Waals surface area contributed by atoms with Gasteiger partial charge in [-0.15, -0.1) is 0 Å². The summed E-state index contributed by atoms with van der Waals surface area (Å²) in [5.41, 5.74) is 7.63. The van der Waals surface area contributed by atoms with E-state index in [1.807, 2.05) is 12.1 Å². The molecule has 3 rings (SSSR count). The number of rotatable bonds is 4.